The van der Waals surface area contributed by atoms with Gasteiger partial charge in [-0.3, -0.25) is 4.79 Å². The highest BCUT2D eigenvalue weighted by atomic mass is 19.3. The molecule has 0 unspecified atom stereocenters. The molecule has 1 aliphatic carbocycles. The largest absolute Gasteiger partial charge is 0.435 e. The van der Waals surface area contributed by atoms with E-state index in [9.17, 15) is 27.6 Å². The van der Waals surface area contributed by atoms with Crippen LogP contribution >= 0.6 is 0 Å². The fraction of sp³-hybridized carbons (Fsp3) is 0.474. The van der Waals surface area contributed by atoms with Gasteiger partial charge in [0.2, 0.25) is 0 Å². The van der Waals surface area contributed by atoms with Crippen LogP contribution in [0, 0.1) is 17.2 Å². The van der Waals surface area contributed by atoms with E-state index in [0.717, 1.165) is 50.0 Å². The lowest BCUT2D eigenvalue weighted by Gasteiger charge is -2.29. The maximum Gasteiger partial charge on any atom is 0.387 e. The smallest absolute Gasteiger partial charge is 0.387 e. The first-order valence-electron chi connectivity index (χ1n) is 8.76. The second kappa shape index (κ2) is 9.97. The summed E-state index contributed by atoms with van der Waals surface area (Å²) in [6.45, 7) is -4.36. The minimum Gasteiger partial charge on any atom is -0.435 e. The second-order valence-electron chi connectivity index (χ2n) is 6.47. The third kappa shape index (κ3) is 6.15. The van der Waals surface area contributed by atoms with Crippen LogP contribution in [-0.4, -0.2) is 25.2 Å². The van der Waals surface area contributed by atoms with Crippen molar-refractivity contribution in [3.8, 4) is 17.6 Å². The molecule has 1 N–H and O–H groups in total. The third-order valence-corrected chi connectivity index (χ3v) is 4.52. The van der Waals surface area contributed by atoms with E-state index < -0.39 is 24.9 Å². The van der Waals surface area contributed by atoms with Gasteiger partial charge in [0.25, 0.3) is 5.91 Å². The lowest BCUT2D eigenvalue weighted by atomic mass is 9.86. The molecule has 152 valence electrons. The number of halogens is 4. The summed E-state index contributed by atoms with van der Waals surface area (Å²) >= 11 is 0. The van der Waals surface area contributed by atoms with E-state index in [1.165, 1.54) is 0 Å². The summed E-state index contributed by atoms with van der Waals surface area (Å²) in [7, 11) is 0. The van der Waals surface area contributed by atoms with Crippen LogP contribution in [0.1, 0.15) is 38.2 Å². The predicted octanol–water partition coefficient (Wildman–Crippen LogP) is 4.49. The van der Waals surface area contributed by atoms with Crippen molar-refractivity contribution in [2.45, 2.75) is 51.9 Å². The van der Waals surface area contributed by atoms with Crippen molar-refractivity contribution in [1.82, 2.24) is 5.32 Å². The topological polar surface area (TPSA) is 71.4 Å². The lowest BCUT2D eigenvalue weighted by Crippen LogP contribution is -2.41. The van der Waals surface area contributed by atoms with Gasteiger partial charge in [0.15, 0.2) is 0 Å². The van der Waals surface area contributed by atoms with Crippen molar-refractivity contribution in [3.05, 3.63) is 29.3 Å². The summed E-state index contributed by atoms with van der Waals surface area (Å²) in [6.07, 6.45) is 4.89. The van der Waals surface area contributed by atoms with E-state index in [0.29, 0.717) is 0 Å². The standard InChI is InChI=1S/C19H20F4N2O3/c1-11-4-2-3-5-15(11)25-17(26)13(10-24)8-12-6-7-14(27-18(20)21)9-16(12)28-19(22)23/h6-9,11,15,18-19H,2-5H2,1H3,(H,25,26)/b13-8+/t11-,15-/m1/s1. The van der Waals surface area contributed by atoms with Crippen LogP contribution in [0.4, 0.5) is 17.6 Å². The summed E-state index contributed by atoms with van der Waals surface area (Å²) in [5, 5.41) is 12.1. The third-order valence-electron chi connectivity index (χ3n) is 4.52. The average molecular weight is 400 g/mol. The molecule has 5 nitrogen and oxygen atoms in total. The van der Waals surface area contributed by atoms with E-state index in [-0.39, 0.29) is 28.8 Å². The quantitative estimate of drug-likeness (QED) is 0.416. The van der Waals surface area contributed by atoms with Crippen molar-refractivity contribution < 1.29 is 31.8 Å². The van der Waals surface area contributed by atoms with Crippen LogP contribution in [-0.2, 0) is 4.79 Å². The minimum absolute atomic E-state index is 0.0368. The Bertz CT molecular complexity index is 762. The Morgan fingerprint density at radius 3 is 2.50 bits per heavy atom. The van der Waals surface area contributed by atoms with Gasteiger partial charge in [-0.05, 0) is 37.0 Å². The number of carbonyl (C=O) groups excluding carboxylic acids is 1. The molecule has 1 aromatic rings. The van der Waals surface area contributed by atoms with Crippen LogP contribution in [0.5, 0.6) is 11.5 Å². The van der Waals surface area contributed by atoms with Crippen LogP contribution in [0.3, 0.4) is 0 Å². The van der Waals surface area contributed by atoms with Crippen LogP contribution in [0.25, 0.3) is 6.08 Å². The van der Waals surface area contributed by atoms with Crippen molar-refractivity contribution in [2.24, 2.45) is 5.92 Å². The Morgan fingerprint density at radius 2 is 1.89 bits per heavy atom. The zero-order valence-electron chi connectivity index (χ0n) is 15.1. The highest BCUT2D eigenvalue weighted by Crippen LogP contribution is 2.29. The minimum atomic E-state index is -3.23. The zero-order chi connectivity index (χ0) is 20.7. The van der Waals surface area contributed by atoms with Gasteiger partial charge in [-0.1, -0.05) is 19.8 Å². The Kier molecular flexibility index (Phi) is 7.67. The van der Waals surface area contributed by atoms with E-state index >= 15 is 0 Å². The lowest BCUT2D eigenvalue weighted by molar-refractivity contribution is -0.118. The second-order valence-corrected chi connectivity index (χ2v) is 6.47. The normalized spacial score (nSPS) is 20.0. The molecule has 0 aromatic heterocycles. The molecule has 0 saturated heterocycles. The number of rotatable bonds is 7. The SMILES string of the molecule is C[C@@H]1CCCC[C@H]1NC(=O)/C(C#N)=C/c1ccc(OC(F)F)cc1OC(F)F. The molecule has 1 fully saturated rings. The van der Waals surface area contributed by atoms with E-state index in [2.05, 4.69) is 14.8 Å². The van der Waals surface area contributed by atoms with Crippen molar-refractivity contribution in [3.63, 3.8) is 0 Å². The van der Waals surface area contributed by atoms with Gasteiger partial charge >= 0.3 is 13.2 Å². The number of hydrogen-bond acceptors (Lipinski definition) is 4. The highest BCUT2D eigenvalue weighted by molar-refractivity contribution is 6.02. The maximum absolute atomic E-state index is 12.6. The van der Waals surface area contributed by atoms with E-state index in [4.69, 9.17) is 0 Å². The molecule has 0 radical (unpaired) electrons. The Balaban J connectivity index is 2.25. The van der Waals surface area contributed by atoms with Crippen molar-refractivity contribution in [1.29, 1.82) is 5.26 Å². The number of hydrogen-bond donors (Lipinski definition) is 1. The number of amides is 1. The molecule has 1 aliphatic rings. The van der Waals surface area contributed by atoms with Gasteiger partial charge in [0.05, 0.1) is 0 Å². The number of nitrogens with one attached hydrogen (secondary N) is 1. The fourth-order valence-corrected chi connectivity index (χ4v) is 3.09. The number of nitrogens with zero attached hydrogens (tertiary/aromatic N) is 1. The van der Waals surface area contributed by atoms with Crippen LogP contribution in [0.15, 0.2) is 23.8 Å². The molecule has 9 heteroatoms. The number of ether oxygens (including phenoxy) is 2. The van der Waals surface area contributed by atoms with Gasteiger partial charge in [-0.2, -0.15) is 22.8 Å². The highest BCUT2D eigenvalue weighted by Gasteiger charge is 2.24. The fourth-order valence-electron chi connectivity index (χ4n) is 3.09. The maximum atomic E-state index is 12.6. The Morgan fingerprint density at radius 1 is 1.21 bits per heavy atom. The van der Waals surface area contributed by atoms with Crippen LogP contribution in [0.2, 0.25) is 0 Å². The Hall–Kier alpha value is -2.76. The van der Waals surface area contributed by atoms with Gasteiger partial charge in [-0.25, -0.2) is 0 Å². The summed E-state index contributed by atoms with van der Waals surface area (Å²) in [5.41, 5.74) is -0.343. The first-order valence-corrected chi connectivity index (χ1v) is 8.76. The summed E-state index contributed by atoms with van der Waals surface area (Å²) in [6, 6.07) is 4.77. The molecule has 0 heterocycles. The van der Waals surface area contributed by atoms with Gasteiger partial charge in [0.1, 0.15) is 23.1 Å². The molecular weight excluding hydrogens is 380 g/mol. The molecule has 28 heavy (non-hydrogen) atoms. The monoisotopic (exact) mass is 400 g/mol. The number of carbonyl (C=O) groups is 1. The molecular formula is C19H20F4N2O3. The molecule has 1 amide bonds. The van der Waals surface area contributed by atoms with Gasteiger partial charge < -0.3 is 14.8 Å². The van der Waals surface area contributed by atoms with E-state index in [1.807, 2.05) is 6.92 Å². The summed E-state index contributed by atoms with van der Waals surface area (Å²) < 4.78 is 58.4. The molecule has 0 aliphatic heterocycles. The average Bonchev–Trinajstić information content (AvgIpc) is 2.62. The first-order chi connectivity index (χ1) is 13.3. The van der Waals surface area contributed by atoms with Crippen LogP contribution < -0.4 is 14.8 Å². The van der Waals surface area contributed by atoms with Gasteiger partial charge in [-0.15, -0.1) is 0 Å². The zero-order valence-corrected chi connectivity index (χ0v) is 15.1. The number of alkyl halides is 4. The molecule has 0 spiro atoms. The number of nitriles is 1. The predicted molar refractivity (Wildman–Crippen MR) is 92.9 cm³/mol. The van der Waals surface area contributed by atoms with E-state index in [1.54, 1.807) is 6.07 Å². The number of benzene rings is 1. The summed E-state index contributed by atoms with van der Waals surface area (Å²) in [5.74, 6) is -1.24. The van der Waals surface area contributed by atoms with Gasteiger partial charge in [0, 0.05) is 17.7 Å². The molecule has 1 saturated carbocycles. The molecule has 0 bridgehead atoms. The van der Waals surface area contributed by atoms with Crippen molar-refractivity contribution >= 4 is 12.0 Å². The first kappa shape index (κ1) is 21.5. The Labute approximate surface area is 159 Å². The molecule has 2 rings (SSSR count). The molecule has 2 atom stereocenters. The molecule has 1 aromatic carbocycles. The summed E-state index contributed by atoms with van der Waals surface area (Å²) in [4.78, 5) is 12.4. The van der Waals surface area contributed by atoms with Crippen molar-refractivity contribution in [2.75, 3.05) is 0 Å².